The molecule has 1 rings (SSSR count). The zero-order valence-corrected chi connectivity index (χ0v) is 16.5. The normalized spacial score (nSPS) is 13.1. The first-order valence-corrected chi connectivity index (χ1v) is 8.89. The number of phenolic OH excluding ortho intramolecular Hbond substituents is 1. The highest BCUT2D eigenvalue weighted by Crippen LogP contribution is 2.15. The van der Waals surface area contributed by atoms with Crippen LogP contribution in [0.15, 0.2) is 23.2 Å². The number of halogens is 2. The number of hydrogen-bond acceptors (Lipinski definition) is 4. The van der Waals surface area contributed by atoms with Gasteiger partial charge in [-0.1, -0.05) is 6.07 Å². The number of aliphatic imine (C=N–C) groups is 1. The molecule has 0 aliphatic carbocycles. The van der Waals surface area contributed by atoms with Gasteiger partial charge in [-0.15, -0.1) is 24.0 Å². The summed E-state index contributed by atoms with van der Waals surface area (Å²) in [4.78, 5) is 4.03. The van der Waals surface area contributed by atoms with Crippen molar-refractivity contribution in [1.29, 1.82) is 0 Å². The zero-order chi connectivity index (χ0) is 16.8. The van der Waals surface area contributed by atoms with E-state index in [0.29, 0.717) is 24.5 Å². The second-order valence-electron chi connectivity index (χ2n) is 5.18. The average molecular weight is 459 g/mol. The van der Waals surface area contributed by atoms with Gasteiger partial charge < -0.3 is 15.7 Å². The molecule has 0 saturated carbocycles. The molecule has 0 radical (unpaired) electrons. The first-order valence-electron chi connectivity index (χ1n) is 6.83. The summed E-state index contributed by atoms with van der Waals surface area (Å²) in [6, 6.07) is 4.06. The van der Waals surface area contributed by atoms with E-state index >= 15 is 0 Å². The Bertz CT molecular complexity index is 638. The van der Waals surface area contributed by atoms with Crippen LogP contribution < -0.4 is 10.6 Å². The third-order valence-corrected chi connectivity index (χ3v) is 3.98. The largest absolute Gasteiger partial charge is 0.505 e. The maximum atomic E-state index is 13.2. The van der Waals surface area contributed by atoms with Gasteiger partial charge in [0.15, 0.2) is 17.5 Å². The Balaban J connectivity index is 0.00000484. The lowest BCUT2D eigenvalue weighted by atomic mass is 10.2. The van der Waals surface area contributed by atoms with Gasteiger partial charge in [0.05, 0.1) is 5.75 Å². The number of nitrogens with one attached hydrogen (secondary N) is 2. The molecule has 3 N–H and O–H groups in total. The molecule has 1 atom stereocenters. The predicted octanol–water partition coefficient (Wildman–Crippen LogP) is 1.64. The molecule has 0 amide bonds. The molecule has 1 unspecified atom stereocenters. The van der Waals surface area contributed by atoms with Crippen LogP contribution in [0.4, 0.5) is 4.39 Å². The molecule has 9 heteroatoms. The molecular weight excluding hydrogens is 436 g/mol. The lowest BCUT2D eigenvalue weighted by Crippen LogP contribution is -2.42. The van der Waals surface area contributed by atoms with Gasteiger partial charge >= 0.3 is 0 Å². The summed E-state index contributed by atoms with van der Waals surface area (Å²) in [5.74, 6) is -0.472. The topological polar surface area (TPSA) is 90.8 Å². The van der Waals surface area contributed by atoms with E-state index in [-0.39, 0.29) is 41.5 Å². The Morgan fingerprint density at radius 2 is 2.09 bits per heavy atom. The van der Waals surface area contributed by atoms with Gasteiger partial charge in [0.2, 0.25) is 0 Å². The fourth-order valence-corrected chi connectivity index (χ4v) is 2.52. The van der Waals surface area contributed by atoms with E-state index in [0.717, 1.165) is 0 Å². The van der Waals surface area contributed by atoms with Crippen LogP contribution in [-0.4, -0.2) is 44.6 Å². The summed E-state index contributed by atoms with van der Waals surface area (Å²) in [7, 11) is -1.40. The monoisotopic (exact) mass is 459 g/mol. The van der Waals surface area contributed by atoms with Crippen LogP contribution in [-0.2, 0) is 16.4 Å². The third-order valence-electron chi connectivity index (χ3n) is 3.00. The Hall–Kier alpha value is -1.10. The zero-order valence-electron chi connectivity index (χ0n) is 13.3. The van der Waals surface area contributed by atoms with Crippen molar-refractivity contribution in [3.63, 3.8) is 0 Å². The Kier molecular flexibility index (Phi) is 9.44. The lowest BCUT2D eigenvalue weighted by Gasteiger charge is -2.17. The summed E-state index contributed by atoms with van der Waals surface area (Å²) in [6.45, 7) is 2.19. The standard InChI is InChI=1S/C14H22FN3O3S.HI/c1-10(6-7-22(3,20)21)18-14(16-2)17-9-11-4-5-13(19)12(15)8-11;/h4-5,8,10,19H,6-7,9H2,1-3H3,(H2,16,17,18);1H. The molecule has 23 heavy (non-hydrogen) atoms. The SMILES string of the molecule is CN=C(NCc1ccc(O)c(F)c1)NC(C)CCS(C)(=O)=O.I. The summed E-state index contributed by atoms with van der Waals surface area (Å²) >= 11 is 0. The molecule has 6 nitrogen and oxygen atoms in total. The fraction of sp³-hybridized carbons (Fsp3) is 0.500. The molecule has 1 aromatic carbocycles. The highest BCUT2D eigenvalue weighted by molar-refractivity contribution is 14.0. The number of benzene rings is 1. The van der Waals surface area contributed by atoms with Crippen LogP contribution >= 0.6 is 24.0 Å². The Labute approximate surface area is 153 Å². The molecule has 0 fully saturated rings. The second-order valence-corrected chi connectivity index (χ2v) is 7.44. The number of nitrogens with zero attached hydrogens (tertiary/aromatic N) is 1. The molecule has 0 aliphatic rings. The highest BCUT2D eigenvalue weighted by atomic mass is 127. The Morgan fingerprint density at radius 3 is 2.61 bits per heavy atom. The van der Waals surface area contributed by atoms with Crippen molar-refractivity contribution < 1.29 is 17.9 Å². The van der Waals surface area contributed by atoms with Crippen molar-refractivity contribution in [1.82, 2.24) is 10.6 Å². The summed E-state index contributed by atoms with van der Waals surface area (Å²) in [5, 5.41) is 15.2. The molecule has 1 aromatic rings. The first kappa shape index (κ1) is 21.9. The molecule has 0 saturated heterocycles. The first-order chi connectivity index (χ1) is 10.2. The van der Waals surface area contributed by atoms with E-state index in [4.69, 9.17) is 5.11 Å². The fourth-order valence-electron chi connectivity index (χ4n) is 1.74. The van der Waals surface area contributed by atoms with Gasteiger partial charge in [0, 0.05) is 25.9 Å². The molecule has 132 valence electrons. The van der Waals surface area contributed by atoms with Crippen LogP contribution in [0.5, 0.6) is 5.75 Å². The minimum absolute atomic E-state index is 0. The van der Waals surface area contributed by atoms with E-state index in [9.17, 15) is 12.8 Å². The van der Waals surface area contributed by atoms with Gasteiger partial charge in [0.1, 0.15) is 9.84 Å². The molecular formula is C14H23FIN3O3S. The summed E-state index contributed by atoms with van der Waals surface area (Å²) in [5.41, 5.74) is 0.655. The summed E-state index contributed by atoms with van der Waals surface area (Å²) < 4.78 is 35.5. The van der Waals surface area contributed by atoms with Crippen molar-refractivity contribution in [2.24, 2.45) is 4.99 Å². The maximum Gasteiger partial charge on any atom is 0.191 e. The van der Waals surface area contributed by atoms with Crippen molar-refractivity contribution in [2.45, 2.75) is 25.9 Å². The Morgan fingerprint density at radius 1 is 1.43 bits per heavy atom. The quantitative estimate of drug-likeness (QED) is 0.342. The number of phenols is 1. The number of rotatable bonds is 6. The van der Waals surface area contributed by atoms with Crippen LogP contribution in [0.2, 0.25) is 0 Å². The van der Waals surface area contributed by atoms with Crippen LogP contribution in [0, 0.1) is 5.82 Å². The van der Waals surface area contributed by atoms with Crippen molar-refractivity contribution in [3.8, 4) is 5.75 Å². The minimum Gasteiger partial charge on any atom is -0.505 e. The van der Waals surface area contributed by atoms with E-state index in [1.807, 2.05) is 6.92 Å². The third kappa shape index (κ3) is 8.94. The molecule has 0 heterocycles. The van der Waals surface area contributed by atoms with Gasteiger partial charge in [-0.05, 0) is 31.0 Å². The number of sulfone groups is 1. The molecule has 0 aromatic heterocycles. The van der Waals surface area contributed by atoms with E-state index in [1.165, 1.54) is 18.4 Å². The number of guanidine groups is 1. The van der Waals surface area contributed by atoms with E-state index < -0.39 is 15.7 Å². The van der Waals surface area contributed by atoms with Gasteiger partial charge in [-0.2, -0.15) is 0 Å². The predicted molar refractivity (Wildman–Crippen MR) is 101 cm³/mol. The van der Waals surface area contributed by atoms with Crippen LogP contribution in [0.3, 0.4) is 0 Å². The number of aromatic hydroxyl groups is 1. The number of hydrogen-bond donors (Lipinski definition) is 3. The van der Waals surface area contributed by atoms with Crippen molar-refractivity contribution in [3.05, 3.63) is 29.6 Å². The van der Waals surface area contributed by atoms with E-state index in [1.54, 1.807) is 13.1 Å². The van der Waals surface area contributed by atoms with E-state index in [2.05, 4.69) is 15.6 Å². The maximum absolute atomic E-state index is 13.2. The second kappa shape index (κ2) is 9.91. The lowest BCUT2D eigenvalue weighted by molar-refractivity contribution is 0.431. The summed E-state index contributed by atoms with van der Waals surface area (Å²) in [6.07, 6.45) is 1.67. The smallest absolute Gasteiger partial charge is 0.191 e. The molecule has 0 bridgehead atoms. The molecule has 0 aliphatic heterocycles. The van der Waals surface area contributed by atoms with Crippen molar-refractivity contribution >= 4 is 39.8 Å². The van der Waals surface area contributed by atoms with Gasteiger partial charge in [-0.25, -0.2) is 12.8 Å². The average Bonchev–Trinajstić information content (AvgIpc) is 2.44. The van der Waals surface area contributed by atoms with Crippen molar-refractivity contribution in [2.75, 3.05) is 19.1 Å². The van der Waals surface area contributed by atoms with Crippen LogP contribution in [0.25, 0.3) is 0 Å². The highest BCUT2D eigenvalue weighted by Gasteiger charge is 2.09. The minimum atomic E-state index is -2.99. The molecule has 0 spiro atoms. The van der Waals surface area contributed by atoms with Gasteiger partial charge in [-0.3, -0.25) is 4.99 Å². The van der Waals surface area contributed by atoms with Crippen LogP contribution in [0.1, 0.15) is 18.9 Å². The van der Waals surface area contributed by atoms with Gasteiger partial charge in [0.25, 0.3) is 0 Å².